The van der Waals surface area contributed by atoms with E-state index < -0.39 is 5.97 Å². The molecule has 1 N–H and O–H groups in total. The quantitative estimate of drug-likeness (QED) is 0.908. The zero-order valence-electron chi connectivity index (χ0n) is 9.47. The van der Waals surface area contributed by atoms with E-state index in [-0.39, 0.29) is 31.0 Å². The van der Waals surface area contributed by atoms with Crippen LogP contribution < -0.4 is 0 Å². The third kappa shape index (κ3) is 2.87. The van der Waals surface area contributed by atoms with Crippen molar-refractivity contribution in [1.82, 2.24) is 5.01 Å². The van der Waals surface area contributed by atoms with E-state index in [0.717, 1.165) is 5.56 Å². The van der Waals surface area contributed by atoms with Crippen LogP contribution in [0.15, 0.2) is 29.4 Å². The van der Waals surface area contributed by atoms with Gasteiger partial charge in [-0.05, 0) is 17.7 Å². The molecule has 0 fully saturated rings. The summed E-state index contributed by atoms with van der Waals surface area (Å²) in [7, 11) is 0. The molecule has 1 aromatic carbocycles. The van der Waals surface area contributed by atoms with Crippen LogP contribution in [0.1, 0.15) is 18.4 Å². The molecule has 0 saturated heterocycles. The van der Waals surface area contributed by atoms with Crippen LogP contribution in [0.25, 0.3) is 0 Å². The third-order valence-electron chi connectivity index (χ3n) is 2.60. The average molecular weight is 267 g/mol. The Morgan fingerprint density at radius 1 is 1.33 bits per heavy atom. The van der Waals surface area contributed by atoms with Crippen LogP contribution in [-0.2, 0) is 16.1 Å². The maximum Gasteiger partial charge on any atom is 0.352 e. The van der Waals surface area contributed by atoms with Gasteiger partial charge in [-0.3, -0.25) is 4.79 Å². The molecule has 5 nitrogen and oxygen atoms in total. The molecule has 1 aliphatic heterocycles. The van der Waals surface area contributed by atoms with Gasteiger partial charge >= 0.3 is 5.97 Å². The Kier molecular flexibility index (Phi) is 3.62. The van der Waals surface area contributed by atoms with Crippen molar-refractivity contribution in [2.75, 3.05) is 0 Å². The number of nitrogens with zero attached hydrogens (tertiary/aromatic N) is 2. The Morgan fingerprint density at radius 2 is 2.00 bits per heavy atom. The normalized spacial score (nSPS) is 15.5. The van der Waals surface area contributed by atoms with Crippen LogP contribution in [0.5, 0.6) is 0 Å². The van der Waals surface area contributed by atoms with E-state index >= 15 is 0 Å². The maximum atomic E-state index is 11.6. The zero-order valence-corrected chi connectivity index (χ0v) is 10.2. The summed E-state index contributed by atoms with van der Waals surface area (Å²) < 4.78 is 0. The molecule has 0 aromatic heterocycles. The second-order valence-corrected chi connectivity index (χ2v) is 4.37. The smallest absolute Gasteiger partial charge is 0.352 e. The van der Waals surface area contributed by atoms with Crippen molar-refractivity contribution in [3.8, 4) is 0 Å². The number of benzene rings is 1. The van der Waals surface area contributed by atoms with Crippen LogP contribution in [0.2, 0.25) is 5.02 Å². The summed E-state index contributed by atoms with van der Waals surface area (Å²) in [4.78, 5) is 22.5. The lowest BCUT2D eigenvalue weighted by atomic mass is 10.1. The molecule has 1 amide bonds. The number of carbonyl (C=O) groups is 2. The fourth-order valence-electron chi connectivity index (χ4n) is 1.64. The first-order valence-electron chi connectivity index (χ1n) is 5.42. The fraction of sp³-hybridized carbons (Fsp3) is 0.250. The van der Waals surface area contributed by atoms with Crippen LogP contribution in [0.4, 0.5) is 0 Å². The first-order chi connectivity index (χ1) is 8.56. The molecule has 94 valence electrons. The molecule has 1 aromatic rings. The number of carbonyl (C=O) groups excluding carboxylic acids is 1. The number of halogens is 1. The summed E-state index contributed by atoms with van der Waals surface area (Å²) in [5, 5.41) is 14.5. The highest BCUT2D eigenvalue weighted by atomic mass is 35.5. The van der Waals surface area contributed by atoms with Gasteiger partial charge in [-0.1, -0.05) is 23.7 Å². The molecule has 0 atom stereocenters. The average Bonchev–Trinajstić information content (AvgIpc) is 2.34. The summed E-state index contributed by atoms with van der Waals surface area (Å²) in [5.74, 6) is -1.25. The Hall–Kier alpha value is -1.88. The summed E-state index contributed by atoms with van der Waals surface area (Å²) in [6, 6.07) is 6.99. The second kappa shape index (κ2) is 5.18. The zero-order chi connectivity index (χ0) is 13.1. The summed E-state index contributed by atoms with van der Waals surface area (Å²) >= 11 is 5.76. The number of rotatable bonds is 3. The molecule has 1 heterocycles. The molecular formula is C12H11ClN2O3. The van der Waals surface area contributed by atoms with Crippen LogP contribution in [0, 0.1) is 0 Å². The van der Waals surface area contributed by atoms with E-state index in [1.54, 1.807) is 24.3 Å². The molecule has 0 unspecified atom stereocenters. The van der Waals surface area contributed by atoms with Gasteiger partial charge in [0.1, 0.15) is 5.71 Å². The Balaban J connectivity index is 2.16. The van der Waals surface area contributed by atoms with Gasteiger partial charge in [0.15, 0.2) is 0 Å². The lowest BCUT2D eigenvalue weighted by Crippen LogP contribution is -2.33. The SMILES string of the molecule is O=C(O)C1=NN(Cc2ccc(Cl)cc2)C(=O)CC1. The van der Waals surface area contributed by atoms with E-state index in [1.165, 1.54) is 5.01 Å². The van der Waals surface area contributed by atoms with Crippen molar-refractivity contribution in [3.05, 3.63) is 34.9 Å². The van der Waals surface area contributed by atoms with Crippen molar-refractivity contribution < 1.29 is 14.7 Å². The third-order valence-corrected chi connectivity index (χ3v) is 2.85. The number of aliphatic carboxylic acids is 1. The Morgan fingerprint density at radius 3 is 2.61 bits per heavy atom. The van der Waals surface area contributed by atoms with Gasteiger partial charge in [0.05, 0.1) is 6.54 Å². The summed E-state index contributed by atoms with van der Waals surface area (Å²) in [5.41, 5.74) is 0.867. The Labute approximate surface area is 109 Å². The van der Waals surface area contributed by atoms with Crippen LogP contribution in [-0.4, -0.2) is 27.7 Å². The molecule has 0 bridgehead atoms. The van der Waals surface area contributed by atoms with E-state index in [4.69, 9.17) is 16.7 Å². The predicted molar refractivity (Wildman–Crippen MR) is 66.3 cm³/mol. The van der Waals surface area contributed by atoms with E-state index in [1.807, 2.05) is 0 Å². The number of carboxylic acid groups (broad SMARTS) is 1. The Bertz CT molecular complexity index is 511. The lowest BCUT2D eigenvalue weighted by molar-refractivity contribution is -0.133. The number of carboxylic acids is 1. The van der Waals surface area contributed by atoms with Crippen molar-refractivity contribution in [2.45, 2.75) is 19.4 Å². The molecule has 1 aliphatic rings. The summed E-state index contributed by atoms with van der Waals surface area (Å²) in [6.45, 7) is 0.257. The molecule has 6 heteroatoms. The largest absolute Gasteiger partial charge is 0.477 e. The number of hydrogen-bond donors (Lipinski definition) is 1. The van der Waals surface area contributed by atoms with Gasteiger partial charge in [0.2, 0.25) is 5.91 Å². The van der Waals surface area contributed by atoms with Crippen LogP contribution in [0.3, 0.4) is 0 Å². The highest BCUT2D eigenvalue weighted by molar-refractivity contribution is 6.36. The minimum atomic E-state index is -1.08. The predicted octanol–water partition coefficient (Wildman–Crippen LogP) is 1.90. The maximum absolute atomic E-state index is 11.6. The van der Waals surface area contributed by atoms with Crippen molar-refractivity contribution >= 4 is 29.2 Å². The fourth-order valence-corrected chi connectivity index (χ4v) is 1.77. The standard InChI is InChI=1S/C12H11ClN2O3/c13-9-3-1-8(2-4-9)7-15-11(16)6-5-10(14-15)12(17)18/h1-4H,5-7H2,(H,17,18). The molecular weight excluding hydrogens is 256 g/mol. The van der Waals surface area contributed by atoms with Gasteiger partial charge in [-0.25, -0.2) is 9.80 Å². The van der Waals surface area contributed by atoms with E-state index in [0.29, 0.717) is 5.02 Å². The molecule has 18 heavy (non-hydrogen) atoms. The minimum Gasteiger partial charge on any atom is -0.477 e. The number of hydrogen-bond acceptors (Lipinski definition) is 3. The van der Waals surface area contributed by atoms with E-state index in [9.17, 15) is 9.59 Å². The van der Waals surface area contributed by atoms with E-state index in [2.05, 4.69) is 5.10 Å². The second-order valence-electron chi connectivity index (χ2n) is 3.93. The highest BCUT2D eigenvalue weighted by Crippen LogP contribution is 2.15. The molecule has 2 rings (SSSR count). The molecule has 0 spiro atoms. The van der Waals surface area contributed by atoms with Crippen molar-refractivity contribution in [3.63, 3.8) is 0 Å². The first-order valence-corrected chi connectivity index (χ1v) is 5.79. The molecule has 0 aliphatic carbocycles. The van der Waals surface area contributed by atoms with Gasteiger partial charge in [-0.15, -0.1) is 0 Å². The number of amides is 1. The van der Waals surface area contributed by atoms with Crippen LogP contribution >= 0.6 is 11.6 Å². The summed E-state index contributed by atoms with van der Waals surface area (Å²) in [6.07, 6.45) is 0.365. The number of hydrazone groups is 1. The molecule has 0 radical (unpaired) electrons. The van der Waals surface area contributed by atoms with Gasteiger partial charge < -0.3 is 5.11 Å². The van der Waals surface area contributed by atoms with Crippen molar-refractivity contribution in [1.29, 1.82) is 0 Å². The minimum absolute atomic E-state index is 0.0172. The topological polar surface area (TPSA) is 70.0 Å². The lowest BCUT2D eigenvalue weighted by Gasteiger charge is -2.22. The van der Waals surface area contributed by atoms with Gasteiger partial charge in [0, 0.05) is 17.9 Å². The van der Waals surface area contributed by atoms with Gasteiger partial charge in [0.25, 0.3) is 0 Å². The highest BCUT2D eigenvalue weighted by Gasteiger charge is 2.23. The monoisotopic (exact) mass is 266 g/mol. The van der Waals surface area contributed by atoms with Gasteiger partial charge in [-0.2, -0.15) is 5.10 Å². The molecule has 0 saturated carbocycles. The van der Waals surface area contributed by atoms with Crippen molar-refractivity contribution in [2.24, 2.45) is 5.10 Å². The first kappa shape index (κ1) is 12.6.